The Morgan fingerprint density at radius 3 is 2.50 bits per heavy atom. The van der Waals surface area contributed by atoms with Crippen molar-refractivity contribution in [3.05, 3.63) is 42.1 Å². The normalized spacial score (nSPS) is 12.2. The zero-order valence-corrected chi connectivity index (χ0v) is 12.6. The molecule has 0 radical (unpaired) electrons. The molecule has 108 valence electrons. The van der Waals surface area contributed by atoms with Crippen LogP contribution in [-0.2, 0) is 9.53 Å². The second-order valence-electron chi connectivity index (χ2n) is 4.30. The molecule has 0 atom stereocenters. The van der Waals surface area contributed by atoms with E-state index < -0.39 is 0 Å². The van der Waals surface area contributed by atoms with E-state index in [1.165, 1.54) is 0 Å². The van der Waals surface area contributed by atoms with E-state index in [-0.39, 0.29) is 12.4 Å². The summed E-state index contributed by atoms with van der Waals surface area (Å²) in [5.41, 5.74) is 1.97. The Hall–Kier alpha value is -2.10. The van der Waals surface area contributed by atoms with Gasteiger partial charge < -0.3 is 9.64 Å². The number of anilines is 1. The van der Waals surface area contributed by atoms with Gasteiger partial charge in [-0.2, -0.15) is 0 Å². The van der Waals surface area contributed by atoms with Crippen molar-refractivity contribution < 1.29 is 9.53 Å². The summed E-state index contributed by atoms with van der Waals surface area (Å²) in [6.45, 7) is 6.11. The Labute approximate surface area is 120 Å². The maximum absolute atomic E-state index is 11.4. The van der Waals surface area contributed by atoms with Gasteiger partial charge in [0.1, 0.15) is 5.84 Å². The number of allylic oxidation sites excluding steroid dienone is 1. The average molecular weight is 274 g/mol. The van der Waals surface area contributed by atoms with E-state index in [9.17, 15) is 4.79 Å². The van der Waals surface area contributed by atoms with Gasteiger partial charge in [-0.3, -0.25) is 9.79 Å². The molecule has 0 heterocycles. The fourth-order valence-corrected chi connectivity index (χ4v) is 1.86. The van der Waals surface area contributed by atoms with Gasteiger partial charge in [-0.1, -0.05) is 24.3 Å². The summed E-state index contributed by atoms with van der Waals surface area (Å²) >= 11 is 0. The Bertz CT molecular complexity index is 492. The molecule has 1 aromatic rings. The first kappa shape index (κ1) is 16.0. The van der Waals surface area contributed by atoms with Crippen LogP contribution in [0.1, 0.15) is 27.2 Å². The number of hydrogen-bond acceptors (Lipinski definition) is 3. The first-order valence-electron chi connectivity index (χ1n) is 6.71. The maximum atomic E-state index is 11.4. The van der Waals surface area contributed by atoms with Crippen LogP contribution in [-0.4, -0.2) is 25.5 Å². The number of ether oxygens (including phenoxy) is 1. The second kappa shape index (κ2) is 8.15. The van der Waals surface area contributed by atoms with Gasteiger partial charge in [-0.05, 0) is 32.9 Å². The highest BCUT2D eigenvalue weighted by Crippen LogP contribution is 2.19. The monoisotopic (exact) mass is 274 g/mol. The number of esters is 1. The maximum Gasteiger partial charge on any atom is 0.309 e. The van der Waals surface area contributed by atoms with Gasteiger partial charge in [-0.15, -0.1) is 0 Å². The SMILES string of the molecule is CCOC(=O)C/C=C(\C)N(/C(C)=N\C)c1ccccc1. The van der Waals surface area contributed by atoms with Crippen LogP contribution in [0.5, 0.6) is 0 Å². The molecule has 1 aromatic carbocycles. The lowest BCUT2D eigenvalue weighted by Gasteiger charge is -2.25. The van der Waals surface area contributed by atoms with Crippen LogP contribution < -0.4 is 4.90 Å². The highest BCUT2D eigenvalue weighted by molar-refractivity contribution is 5.98. The molecule has 0 aromatic heterocycles. The summed E-state index contributed by atoms with van der Waals surface area (Å²) in [6.07, 6.45) is 2.12. The Morgan fingerprint density at radius 2 is 1.95 bits per heavy atom. The number of amidine groups is 1. The van der Waals surface area contributed by atoms with E-state index in [4.69, 9.17) is 4.74 Å². The predicted octanol–water partition coefficient (Wildman–Crippen LogP) is 3.40. The summed E-state index contributed by atoms with van der Waals surface area (Å²) in [5.74, 6) is 0.653. The van der Waals surface area contributed by atoms with Crippen molar-refractivity contribution in [1.29, 1.82) is 0 Å². The third-order valence-electron chi connectivity index (χ3n) is 2.88. The predicted molar refractivity (Wildman–Crippen MR) is 83.0 cm³/mol. The minimum absolute atomic E-state index is 0.217. The largest absolute Gasteiger partial charge is 0.466 e. The van der Waals surface area contributed by atoms with Crippen LogP contribution in [0.15, 0.2) is 47.1 Å². The molecule has 0 aliphatic heterocycles. The number of benzene rings is 1. The molecule has 4 nitrogen and oxygen atoms in total. The fraction of sp³-hybridized carbons (Fsp3) is 0.375. The average Bonchev–Trinajstić information content (AvgIpc) is 2.46. The van der Waals surface area contributed by atoms with Crippen LogP contribution in [0.4, 0.5) is 5.69 Å². The highest BCUT2D eigenvalue weighted by atomic mass is 16.5. The molecule has 0 saturated carbocycles. The number of carbonyl (C=O) groups is 1. The van der Waals surface area contributed by atoms with Gasteiger partial charge in [0, 0.05) is 18.4 Å². The molecular weight excluding hydrogens is 252 g/mol. The fourth-order valence-electron chi connectivity index (χ4n) is 1.86. The van der Waals surface area contributed by atoms with E-state index in [0.717, 1.165) is 17.2 Å². The third kappa shape index (κ3) is 4.53. The number of para-hydroxylation sites is 1. The van der Waals surface area contributed by atoms with Crippen molar-refractivity contribution in [3.63, 3.8) is 0 Å². The van der Waals surface area contributed by atoms with E-state index >= 15 is 0 Å². The molecule has 0 amide bonds. The molecular formula is C16H22N2O2. The van der Waals surface area contributed by atoms with Gasteiger partial charge in [0.15, 0.2) is 0 Å². The number of hydrogen-bond donors (Lipinski definition) is 0. The first-order chi connectivity index (χ1) is 9.60. The van der Waals surface area contributed by atoms with E-state index in [0.29, 0.717) is 6.61 Å². The van der Waals surface area contributed by atoms with Gasteiger partial charge >= 0.3 is 5.97 Å². The molecule has 4 heteroatoms. The molecule has 0 aliphatic rings. The second-order valence-corrected chi connectivity index (χ2v) is 4.30. The lowest BCUT2D eigenvalue weighted by Crippen LogP contribution is -2.26. The molecule has 20 heavy (non-hydrogen) atoms. The Balaban J connectivity index is 2.95. The summed E-state index contributed by atoms with van der Waals surface area (Å²) in [5, 5.41) is 0. The number of rotatable bonds is 5. The number of nitrogens with zero attached hydrogens (tertiary/aromatic N) is 2. The topological polar surface area (TPSA) is 41.9 Å². The molecule has 1 rings (SSSR count). The smallest absolute Gasteiger partial charge is 0.309 e. The lowest BCUT2D eigenvalue weighted by atomic mass is 10.2. The van der Waals surface area contributed by atoms with Gasteiger partial charge in [0.25, 0.3) is 0 Å². The molecule has 0 aliphatic carbocycles. The van der Waals surface area contributed by atoms with Crippen LogP contribution >= 0.6 is 0 Å². The highest BCUT2D eigenvalue weighted by Gasteiger charge is 2.11. The quantitative estimate of drug-likeness (QED) is 0.469. The van der Waals surface area contributed by atoms with Crippen molar-refractivity contribution in [2.45, 2.75) is 27.2 Å². The third-order valence-corrected chi connectivity index (χ3v) is 2.88. The number of aliphatic imine (C=N–C) groups is 1. The Kier molecular flexibility index (Phi) is 6.50. The van der Waals surface area contributed by atoms with Crippen LogP contribution in [0.2, 0.25) is 0 Å². The van der Waals surface area contributed by atoms with Gasteiger partial charge in [0.05, 0.1) is 13.0 Å². The van der Waals surface area contributed by atoms with Gasteiger partial charge in [0.2, 0.25) is 0 Å². The summed E-state index contributed by atoms with van der Waals surface area (Å²) in [7, 11) is 1.75. The summed E-state index contributed by atoms with van der Waals surface area (Å²) in [4.78, 5) is 17.7. The lowest BCUT2D eigenvalue weighted by molar-refractivity contribution is -0.142. The minimum atomic E-state index is -0.217. The summed E-state index contributed by atoms with van der Waals surface area (Å²) < 4.78 is 4.93. The van der Waals surface area contributed by atoms with Crippen molar-refractivity contribution in [1.82, 2.24) is 0 Å². The molecule has 0 unspecified atom stereocenters. The van der Waals surface area contributed by atoms with Crippen molar-refractivity contribution in [3.8, 4) is 0 Å². The standard InChI is InChI=1S/C16H22N2O2/c1-5-20-16(19)12-11-13(2)18(14(3)17-4)15-9-7-6-8-10-15/h6-11H,5,12H2,1-4H3/b13-11+,17-14-. The molecule has 0 bridgehead atoms. The van der Waals surface area contributed by atoms with Crippen molar-refractivity contribution >= 4 is 17.5 Å². The van der Waals surface area contributed by atoms with Gasteiger partial charge in [-0.25, -0.2) is 0 Å². The molecule has 0 N–H and O–H groups in total. The first-order valence-corrected chi connectivity index (χ1v) is 6.71. The van der Waals surface area contributed by atoms with Crippen LogP contribution in [0, 0.1) is 0 Å². The molecule has 0 fully saturated rings. The van der Waals surface area contributed by atoms with Crippen molar-refractivity contribution in [2.75, 3.05) is 18.6 Å². The Morgan fingerprint density at radius 1 is 1.30 bits per heavy atom. The molecule has 0 saturated heterocycles. The summed E-state index contributed by atoms with van der Waals surface area (Å²) in [6, 6.07) is 9.94. The van der Waals surface area contributed by atoms with Crippen LogP contribution in [0.25, 0.3) is 0 Å². The minimum Gasteiger partial charge on any atom is -0.466 e. The van der Waals surface area contributed by atoms with E-state index in [2.05, 4.69) is 4.99 Å². The zero-order valence-electron chi connectivity index (χ0n) is 12.6. The van der Waals surface area contributed by atoms with E-state index in [1.807, 2.05) is 55.2 Å². The van der Waals surface area contributed by atoms with Crippen LogP contribution in [0.3, 0.4) is 0 Å². The van der Waals surface area contributed by atoms with E-state index in [1.54, 1.807) is 14.0 Å². The van der Waals surface area contributed by atoms with Crippen molar-refractivity contribution in [2.24, 2.45) is 4.99 Å². The zero-order chi connectivity index (χ0) is 15.0. The number of carbonyl (C=O) groups excluding carboxylic acids is 1. The molecule has 0 spiro atoms.